The molecule has 0 aliphatic carbocycles. The van der Waals surface area contributed by atoms with Crippen molar-refractivity contribution in [2.75, 3.05) is 5.32 Å². The number of alkyl halides is 2. The van der Waals surface area contributed by atoms with Gasteiger partial charge in [0, 0.05) is 27.3 Å². The second-order valence-corrected chi connectivity index (χ2v) is 5.65. The van der Waals surface area contributed by atoms with Crippen LogP contribution in [0.3, 0.4) is 0 Å². The van der Waals surface area contributed by atoms with E-state index in [1.54, 1.807) is 6.07 Å². The third-order valence-electron chi connectivity index (χ3n) is 2.90. The molecule has 0 aliphatic rings. The van der Waals surface area contributed by atoms with E-state index in [1.807, 2.05) is 25.1 Å². The highest BCUT2D eigenvalue weighted by molar-refractivity contribution is 9.10. The predicted octanol–water partition coefficient (Wildman–Crippen LogP) is 5.62. The SMILES string of the molecule is Cc1cccc(NCc2cc(Cl)ccc2OC(F)F)c1Br. The molecule has 0 bridgehead atoms. The van der Waals surface area contributed by atoms with Crippen molar-refractivity contribution in [3.05, 3.63) is 57.0 Å². The van der Waals surface area contributed by atoms with Crippen molar-refractivity contribution < 1.29 is 13.5 Å². The Hall–Kier alpha value is -1.33. The Morgan fingerprint density at radius 2 is 2.05 bits per heavy atom. The Balaban J connectivity index is 2.19. The molecule has 0 fully saturated rings. The lowest BCUT2D eigenvalue weighted by Crippen LogP contribution is -2.07. The van der Waals surface area contributed by atoms with Crippen molar-refractivity contribution in [3.63, 3.8) is 0 Å². The average molecular weight is 377 g/mol. The number of anilines is 1. The third kappa shape index (κ3) is 4.32. The third-order valence-corrected chi connectivity index (χ3v) is 4.19. The van der Waals surface area contributed by atoms with Gasteiger partial charge >= 0.3 is 6.61 Å². The number of aryl methyl sites for hydroxylation is 1. The van der Waals surface area contributed by atoms with Crippen LogP contribution in [0.25, 0.3) is 0 Å². The molecular formula is C15H13BrClF2NO. The molecular weight excluding hydrogens is 364 g/mol. The number of nitrogens with one attached hydrogen (secondary N) is 1. The fourth-order valence-corrected chi connectivity index (χ4v) is 2.47. The molecule has 0 radical (unpaired) electrons. The van der Waals surface area contributed by atoms with Gasteiger partial charge in [-0.15, -0.1) is 0 Å². The van der Waals surface area contributed by atoms with Gasteiger partial charge in [-0.05, 0) is 52.7 Å². The van der Waals surface area contributed by atoms with Gasteiger partial charge < -0.3 is 10.1 Å². The van der Waals surface area contributed by atoms with Crippen LogP contribution >= 0.6 is 27.5 Å². The summed E-state index contributed by atoms with van der Waals surface area (Å²) in [6, 6.07) is 10.4. The van der Waals surface area contributed by atoms with Gasteiger partial charge in [-0.3, -0.25) is 0 Å². The van der Waals surface area contributed by atoms with E-state index in [0.29, 0.717) is 17.1 Å². The second kappa shape index (κ2) is 7.09. The van der Waals surface area contributed by atoms with Gasteiger partial charge in [-0.25, -0.2) is 0 Å². The van der Waals surface area contributed by atoms with E-state index in [-0.39, 0.29) is 5.75 Å². The second-order valence-electron chi connectivity index (χ2n) is 4.42. The Morgan fingerprint density at radius 3 is 2.76 bits per heavy atom. The quantitative estimate of drug-likeness (QED) is 0.731. The lowest BCUT2D eigenvalue weighted by molar-refractivity contribution is -0.0504. The number of hydrogen-bond donors (Lipinski definition) is 1. The van der Waals surface area contributed by atoms with Gasteiger partial charge in [0.25, 0.3) is 0 Å². The topological polar surface area (TPSA) is 21.3 Å². The predicted molar refractivity (Wildman–Crippen MR) is 84.3 cm³/mol. The summed E-state index contributed by atoms with van der Waals surface area (Å²) in [7, 11) is 0. The summed E-state index contributed by atoms with van der Waals surface area (Å²) >= 11 is 9.40. The van der Waals surface area contributed by atoms with Crippen molar-refractivity contribution in [1.82, 2.24) is 0 Å². The first-order valence-electron chi connectivity index (χ1n) is 6.19. The molecule has 2 aromatic rings. The Labute approximate surface area is 135 Å². The van der Waals surface area contributed by atoms with E-state index in [0.717, 1.165) is 15.7 Å². The minimum absolute atomic E-state index is 0.116. The largest absolute Gasteiger partial charge is 0.434 e. The molecule has 0 amide bonds. The summed E-state index contributed by atoms with van der Waals surface area (Å²) in [4.78, 5) is 0. The van der Waals surface area contributed by atoms with E-state index < -0.39 is 6.61 Å². The maximum absolute atomic E-state index is 12.4. The first-order valence-corrected chi connectivity index (χ1v) is 7.36. The van der Waals surface area contributed by atoms with Crippen LogP contribution in [0.2, 0.25) is 5.02 Å². The van der Waals surface area contributed by atoms with Crippen molar-refractivity contribution in [2.24, 2.45) is 0 Å². The minimum atomic E-state index is -2.87. The van der Waals surface area contributed by atoms with E-state index in [2.05, 4.69) is 26.0 Å². The maximum Gasteiger partial charge on any atom is 0.387 e. The molecule has 0 unspecified atom stereocenters. The first kappa shape index (κ1) is 16.0. The van der Waals surface area contributed by atoms with Crippen LogP contribution in [0.1, 0.15) is 11.1 Å². The van der Waals surface area contributed by atoms with Crippen LogP contribution in [-0.4, -0.2) is 6.61 Å². The first-order chi connectivity index (χ1) is 9.97. The summed E-state index contributed by atoms with van der Waals surface area (Å²) < 4.78 is 30.2. The van der Waals surface area contributed by atoms with Crippen molar-refractivity contribution in [1.29, 1.82) is 0 Å². The van der Waals surface area contributed by atoms with Crippen LogP contribution < -0.4 is 10.1 Å². The van der Waals surface area contributed by atoms with Gasteiger partial charge in [0.2, 0.25) is 0 Å². The molecule has 0 spiro atoms. The van der Waals surface area contributed by atoms with Crippen LogP contribution in [0, 0.1) is 6.92 Å². The summed E-state index contributed by atoms with van der Waals surface area (Å²) in [5.41, 5.74) is 2.52. The maximum atomic E-state index is 12.4. The molecule has 6 heteroatoms. The average Bonchev–Trinajstić information content (AvgIpc) is 2.42. The molecule has 2 aromatic carbocycles. The lowest BCUT2D eigenvalue weighted by Gasteiger charge is -2.14. The molecule has 21 heavy (non-hydrogen) atoms. The van der Waals surface area contributed by atoms with Gasteiger partial charge in [0.15, 0.2) is 0 Å². The Kier molecular flexibility index (Phi) is 5.42. The molecule has 0 aliphatic heterocycles. The summed E-state index contributed by atoms with van der Waals surface area (Å²) in [6.45, 7) is -0.569. The fourth-order valence-electron chi connectivity index (χ4n) is 1.87. The van der Waals surface area contributed by atoms with Crippen molar-refractivity contribution in [3.8, 4) is 5.75 Å². The fraction of sp³-hybridized carbons (Fsp3) is 0.200. The number of benzene rings is 2. The smallest absolute Gasteiger partial charge is 0.387 e. The zero-order valence-corrected chi connectivity index (χ0v) is 13.5. The number of rotatable bonds is 5. The monoisotopic (exact) mass is 375 g/mol. The summed E-state index contributed by atoms with van der Waals surface area (Å²) in [5, 5.41) is 3.65. The molecule has 0 heterocycles. The van der Waals surface area contributed by atoms with Gasteiger partial charge in [0.1, 0.15) is 5.75 Å². The molecule has 0 saturated heterocycles. The van der Waals surface area contributed by atoms with E-state index in [9.17, 15) is 8.78 Å². The molecule has 0 aromatic heterocycles. The Bertz CT molecular complexity index is 637. The molecule has 112 valence electrons. The minimum Gasteiger partial charge on any atom is -0.434 e. The highest BCUT2D eigenvalue weighted by Gasteiger charge is 2.11. The number of halogens is 4. The zero-order chi connectivity index (χ0) is 15.4. The molecule has 0 saturated carbocycles. The van der Waals surface area contributed by atoms with Crippen LogP contribution in [0.5, 0.6) is 5.75 Å². The van der Waals surface area contributed by atoms with Gasteiger partial charge in [-0.2, -0.15) is 8.78 Å². The van der Waals surface area contributed by atoms with Gasteiger partial charge in [-0.1, -0.05) is 23.7 Å². The molecule has 2 rings (SSSR count). The van der Waals surface area contributed by atoms with Crippen LogP contribution in [0.4, 0.5) is 14.5 Å². The van der Waals surface area contributed by atoms with Gasteiger partial charge in [0.05, 0.1) is 0 Å². The lowest BCUT2D eigenvalue weighted by atomic mass is 10.2. The van der Waals surface area contributed by atoms with Crippen LogP contribution in [0.15, 0.2) is 40.9 Å². The zero-order valence-electron chi connectivity index (χ0n) is 11.2. The number of hydrogen-bond acceptors (Lipinski definition) is 2. The van der Waals surface area contributed by atoms with Crippen LogP contribution in [-0.2, 0) is 6.54 Å². The summed E-state index contributed by atoms with van der Waals surface area (Å²) in [6.07, 6.45) is 0. The summed E-state index contributed by atoms with van der Waals surface area (Å²) in [5.74, 6) is 0.116. The normalized spacial score (nSPS) is 10.8. The van der Waals surface area contributed by atoms with E-state index >= 15 is 0 Å². The standard InChI is InChI=1S/C15H13BrClF2NO/c1-9-3-2-4-12(14(9)16)20-8-10-7-11(17)5-6-13(10)21-15(18)19/h2-7,15,20H,8H2,1H3. The van der Waals surface area contributed by atoms with E-state index in [1.165, 1.54) is 12.1 Å². The number of ether oxygens (including phenoxy) is 1. The molecule has 2 nitrogen and oxygen atoms in total. The Morgan fingerprint density at radius 1 is 1.29 bits per heavy atom. The highest BCUT2D eigenvalue weighted by atomic mass is 79.9. The van der Waals surface area contributed by atoms with Crippen molar-refractivity contribution in [2.45, 2.75) is 20.1 Å². The highest BCUT2D eigenvalue weighted by Crippen LogP contribution is 2.29. The van der Waals surface area contributed by atoms with E-state index in [4.69, 9.17) is 11.6 Å². The molecule has 1 N–H and O–H groups in total. The van der Waals surface area contributed by atoms with Crippen molar-refractivity contribution >= 4 is 33.2 Å². The molecule has 0 atom stereocenters.